The second-order valence-corrected chi connectivity index (χ2v) is 15.5. The van der Waals surface area contributed by atoms with Gasteiger partial charge >= 0.3 is 12.1 Å². The zero-order valence-electron chi connectivity index (χ0n) is 26.8. The minimum atomic E-state index is -0.614. The molecule has 6 nitrogen and oxygen atoms in total. The first kappa shape index (κ1) is 32.1. The van der Waals surface area contributed by atoms with Crippen LogP contribution in [0.4, 0.5) is 4.79 Å². The molecular formula is C35H57NO5. The molecule has 0 aromatic rings. The van der Waals surface area contributed by atoms with E-state index in [1.807, 2.05) is 0 Å². The number of carbonyl (C=O) groups is 2. The van der Waals surface area contributed by atoms with Crippen LogP contribution in [-0.2, 0) is 14.3 Å². The molecule has 232 valence electrons. The lowest BCUT2D eigenvalue weighted by molar-refractivity contribution is -0.150. The largest absolute Gasteiger partial charge is 0.461 e. The van der Waals surface area contributed by atoms with E-state index >= 15 is 0 Å². The summed E-state index contributed by atoms with van der Waals surface area (Å²) in [7, 11) is 0. The first-order valence-corrected chi connectivity index (χ1v) is 16.3. The van der Waals surface area contributed by atoms with E-state index in [1.165, 1.54) is 37.7 Å². The Kier molecular flexibility index (Phi) is 9.73. The minimum Gasteiger partial charge on any atom is -0.461 e. The smallest absolute Gasteiger partial charge is 0.408 e. The fraction of sp³-hybridized carbons (Fsp3) is 0.829. The van der Waals surface area contributed by atoms with Gasteiger partial charge in [0.25, 0.3) is 0 Å². The van der Waals surface area contributed by atoms with Crippen LogP contribution in [0.15, 0.2) is 24.3 Å². The minimum absolute atomic E-state index is 0.154. The topological polar surface area (TPSA) is 84.9 Å². The molecule has 9 atom stereocenters. The SMILES string of the molecule is C=C[C@H](CC[C@H](OC(=O)CNC(=O)OC(C)(C)C)C(C)C)[C@H]1CC[C@H]2C3CC=C4C[C@@H](O)CC[C@]4(C)[C@H]3CC[C@]12C. The first-order chi connectivity index (χ1) is 19.2. The molecule has 3 fully saturated rings. The molecule has 1 amide bonds. The molecule has 0 radical (unpaired) electrons. The number of aliphatic hydroxyl groups excluding tert-OH is 1. The van der Waals surface area contributed by atoms with Gasteiger partial charge in [0, 0.05) is 0 Å². The highest BCUT2D eigenvalue weighted by Gasteiger charge is 2.59. The Morgan fingerprint density at radius 3 is 2.51 bits per heavy atom. The molecular weight excluding hydrogens is 514 g/mol. The van der Waals surface area contributed by atoms with E-state index in [9.17, 15) is 14.7 Å². The summed E-state index contributed by atoms with van der Waals surface area (Å²) >= 11 is 0. The third-order valence-electron chi connectivity index (χ3n) is 11.6. The lowest BCUT2D eigenvalue weighted by Gasteiger charge is -2.58. The maximum atomic E-state index is 12.6. The molecule has 4 rings (SSSR count). The molecule has 0 bridgehead atoms. The summed E-state index contributed by atoms with van der Waals surface area (Å²) in [5.74, 6) is 3.00. The van der Waals surface area contributed by atoms with Crippen molar-refractivity contribution in [2.24, 2.45) is 46.3 Å². The van der Waals surface area contributed by atoms with Gasteiger partial charge in [-0.05, 0) is 131 Å². The Hall–Kier alpha value is -1.82. The Morgan fingerprint density at radius 2 is 1.85 bits per heavy atom. The van der Waals surface area contributed by atoms with E-state index in [2.05, 4.69) is 51.7 Å². The molecule has 4 aliphatic rings. The number of fused-ring (bicyclic) bond motifs is 5. The van der Waals surface area contributed by atoms with Crippen molar-refractivity contribution in [2.45, 2.75) is 130 Å². The highest BCUT2D eigenvalue weighted by Crippen LogP contribution is 2.67. The summed E-state index contributed by atoms with van der Waals surface area (Å²) in [5.41, 5.74) is 1.51. The van der Waals surface area contributed by atoms with Crippen LogP contribution in [-0.4, -0.2) is 41.5 Å². The summed E-state index contributed by atoms with van der Waals surface area (Å²) in [6.07, 6.45) is 14.7. The lowest BCUT2D eigenvalue weighted by Crippen LogP contribution is -2.50. The van der Waals surface area contributed by atoms with Crippen LogP contribution in [0.2, 0.25) is 0 Å². The zero-order chi connectivity index (χ0) is 30.2. The van der Waals surface area contributed by atoms with Crippen molar-refractivity contribution in [3.8, 4) is 0 Å². The molecule has 0 heterocycles. The number of nitrogens with one attached hydrogen (secondary N) is 1. The number of rotatable bonds is 9. The van der Waals surface area contributed by atoms with Crippen molar-refractivity contribution in [2.75, 3.05) is 6.54 Å². The average molecular weight is 572 g/mol. The molecule has 0 aliphatic heterocycles. The first-order valence-electron chi connectivity index (χ1n) is 16.3. The van der Waals surface area contributed by atoms with Crippen molar-refractivity contribution in [3.63, 3.8) is 0 Å². The molecule has 3 saturated carbocycles. The summed E-state index contributed by atoms with van der Waals surface area (Å²) in [6, 6.07) is 0. The van der Waals surface area contributed by atoms with Crippen LogP contribution in [0.1, 0.15) is 113 Å². The van der Waals surface area contributed by atoms with Gasteiger partial charge in [0.05, 0.1) is 6.10 Å². The number of aliphatic hydroxyl groups is 1. The van der Waals surface area contributed by atoms with E-state index < -0.39 is 17.7 Å². The maximum Gasteiger partial charge on any atom is 0.408 e. The number of alkyl carbamates (subject to hydrolysis) is 1. The molecule has 2 N–H and O–H groups in total. The van der Waals surface area contributed by atoms with E-state index in [4.69, 9.17) is 9.47 Å². The van der Waals surface area contributed by atoms with Crippen molar-refractivity contribution in [1.82, 2.24) is 5.32 Å². The van der Waals surface area contributed by atoms with Gasteiger partial charge in [0.1, 0.15) is 18.2 Å². The molecule has 0 spiro atoms. The van der Waals surface area contributed by atoms with Crippen molar-refractivity contribution >= 4 is 12.1 Å². The van der Waals surface area contributed by atoms with E-state index in [0.717, 1.165) is 49.9 Å². The quantitative estimate of drug-likeness (QED) is 0.220. The predicted molar refractivity (Wildman–Crippen MR) is 163 cm³/mol. The molecule has 0 aromatic heterocycles. The van der Waals surface area contributed by atoms with Crippen molar-refractivity contribution in [3.05, 3.63) is 24.3 Å². The van der Waals surface area contributed by atoms with Crippen LogP contribution in [0.5, 0.6) is 0 Å². The molecule has 0 aromatic carbocycles. The van der Waals surface area contributed by atoms with Crippen LogP contribution in [0, 0.1) is 46.3 Å². The highest BCUT2D eigenvalue weighted by molar-refractivity contribution is 5.78. The summed E-state index contributed by atoms with van der Waals surface area (Å²) in [6.45, 7) is 18.7. The number of amides is 1. The number of allylic oxidation sites excluding steroid dienone is 2. The second-order valence-electron chi connectivity index (χ2n) is 15.5. The number of esters is 1. The molecule has 4 aliphatic carbocycles. The fourth-order valence-electron chi connectivity index (χ4n) is 9.42. The van der Waals surface area contributed by atoms with Crippen LogP contribution < -0.4 is 5.32 Å². The van der Waals surface area contributed by atoms with Gasteiger partial charge in [-0.1, -0.05) is 45.4 Å². The van der Waals surface area contributed by atoms with Crippen LogP contribution in [0.3, 0.4) is 0 Å². The van der Waals surface area contributed by atoms with Gasteiger partial charge in [0.2, 0.25) is 0 Å². The average Bonchev–Trinajstić information content (AvgIpc) is 3.23. The predicted octanol–water partition coefficient (Wildman–Crippen LogP) is 7.60. The summed E-state index contributed by atoms with van der Waals surface area (Å²) < 4.78 is 11.1. The van der Waals surface area contributed by atoms with Crippen molar-refractivity contribution < 1.29 is 24.2 Å². The maximum absolute atomic E-state index is 12.6. The number of hydrogen-bond acceptors (Lipinski definition) is 5. The molecule has 1 unspecified atom stereocenters. The molecule has 41 heavy (non-hydrogen) atoms. The van der Waals surface area contributed by atoms with Gasteiger partial charge < -0.3 is 19.9 Å². The Morgan fingerprint density at radius 1 is 1.12 bits per heavy atom. The Labute approximate surface area is 249 Å². The third kappa shape index (κ3) is 6.89. The van der Waals surface area contributed by atoms with E-state index in [1.54, 1.807) is 20.8 Å². The molecule has 0 saturated heterocycles. The molecule has 6 heteroatoms. The number of ether oxygens (including phenoxy) is 2. The van der Waals surface area contributed by atoms with E-state index in [-0.39, 0.29) is 30.1 Å². The summed E-state index contributed by atoms with van der Waals surface area (Å²) in [4.78, 5) is 24.5. The van der Waals surface area contributed by atoms with Crippen LogP contribution in [0.25, 0.3) is 0 Å². The highest BCUT2D eigenvalue weighted by atomic mass is 16.6. The van der Waals surface area contributed by atoms with Crippen molar-refractivity contribution in [1.29, 1.82) is 0 Å². The van der Waals surface area contributed by atoms with Gasteiger partial charge in [-0.2, -0.15) is 0 Å². The lowest BCUT2D eigenvalue weighted by atomic mass is 9.47. The second kappa shape index (κ2) is 12.4. The zero-order valence-corrected chi connectivity index (χ0v) is 26.8. The van der Waals surface area contributed by atoms with Gasteiger partial charge in [-0.3, -0.25) is 4.79 Å². The monoisotopic (exact) mass is 571 g/mol. The normalized spacial score (nSPS) is 36.2. The number of carbonyl (C=O) groups excluding carboxylic acids is 2. The van der Waals surface area contributed by atoms with Crippen LogP contribution >= 0.6 is 0 Å². The standard InChI is InChI=1S/C35H57NO5/c1-9-23(10-15-30(22(2)3)40-31(38)21-36-32(39)41-33(4,5)6)27-13-14-28-26-12-11-24-20-25(37)16-18-34(24,7)29(26)17-19-35(27,28)8/h9,11,22-23,25-30,37H,1,10,12-21H2,2-8H3,(H,36,39)/t23-,25+,26?,27-,28+,29+,30+,34+,35-/m1/s1. The van der Waals surface area contributed by atoms with Gasteiger partial charge in [-0.25, -0.2) is 4.79 Å². The van der Waals surface area contributed by atoms with Gasteiger partial charge in [-0.15, -0.1) is 6.58 Å². The third-order valence-corrected chi connectivity index (χ3v) is 11.6. The fourth-order valence-corrected chi connectivity index (χ4v) is 9.42. The van der Waals surface area contributed by atoms with Gasteiger partial charge in [0.15, 0.2) is 0 Å². The summed E-state index contributed by atoms with van der Waals surface area (Å²) in [5, 5.41) is 12.8. The number of hydrogen-bond donors (Lipinski definition) is 2. The van der Waals surface area contributed by atoms with E-state index in [0.29, 0.717) is 17.3 Å². The Bertz CT molecular complexity index is 997. The Balaban J connectivity index is 1.36.